The molecule has 2 aromatic carbocycles. The van der Waals surface area contributed by atoms with Gasteiger partial charge < -0.3 is 5.32 Å². The van der Waals surface area contributed by atoms with Gasteiger partial charge in [0.25, 0.3) is 0 Å². The quantitative estimate of drug-likeness (QED) is 0.692. The minimum absolute atomic E-state index is 0.0135. The summed E-state index contributed by atoms with van der Waals surface area (Å²) in [5.74, 6) is 1.56. The lowest BCUT2D eigenvalue weighted by Gasteiger charge is -2.18. The van der Waals surface area contributed by atoms with Crippen molar-refractivity contribution in [3.05, 3.63) is 71.4 Å². The summed E-state index contributed by atoms with van der Waals surface area (Å²) in [7, 11) is 0. The van der Waals surface area contributed by atoms with Gasteiger partial charge >= 0.3 is 0 Å². The summed E-state index contributed by atoms with van der Waals surface area (Å²) in [6, 6.07) is 15.6. The lowest BCUT2D eigenvalue weighted by atomic mass is 9.97. The third-order valence-electron chi connectivity index (χ3n) is 5.18. The van der Waals surface area contributed by atoms with Gasteiger partial charge in [0.15, 0.2) is 5.82 Å². The summed E-state index contributed by atoms with van der Waals surface area (Å²) in [5, 5.41) is 2.75. The number of rotatable bonds is 5. The third kappa shape index (κ3) is 3.94. The van der Waals surface area contributed by atoms with Gasteiger partial charge in [-0.15, -0.1) is 0 Å². The van der Waals surface area contributed by atoms with Gasteiger partial charge in [0.1, 0.15) is 5.82 Å². The minimum atomic E-state index is -0.114. The highest BCUT2D eigenvalue weighted by Gasteiger charge is 2.30. The fraction of sp³-hybridized carbons (Fsp3) is 0.250. The molecular formula is C24H24N4O2. The fourth-order valence-electron chi connectivity index (χ4n) is 3.71. The van der Waals surface area contributed by atoms with Gasteiger partial charge in [-0.05, 0) is 29.2 Å². The molecule has 0 saturated heterocycles. The van der Waals surface area contributed by atoms with E-state index in [0.29, 0.717) is 30.5 Å². The summed E-state index contributed by atoms with van der Waals surface area (Å²) in [6.45, 7) is 6.19. The number of anilines is 2. The van der Waals surface area contributed by atoms with Crippen LogP contribution in [0.5, 0.6) is 0 Å². The number of fused-ring (bicyclic) bond motifs is 1. The second-order valence-electron chi connectivity index (χ2n) is 7.82. The van der Waals surface area contributed by atoms with Crippen LogP contribution in [0.4, 0.5) is 11.5 Å². The zero-order chi connectivity index (χ0) is 21.3. The second kappa shape index (κ2) is 8.06. The first-order chi connectivity index (χ1) is 14.4. The molecule has 4 rings (SSSR count). The molecule has 1 aliphatic rings. The van der Waals surface area contributed by atoms with Gasteiger partial charge in [-0.3, -0.25) is 14.5 Å². The Morgan fingerprint density at radius 1 is 1.13 bits per heavy atom. The largest absolute Gasteiger partial charge is 0.326 e. The van der Waals surface area contributed by atoms with E-state index in [9.17, 15) is 9.59 Å². The summed E-state index contributed by atoms with van der Waals surface area (Å²) >= 11 is 0. The maximum atomic E-state index is 12.7. The normalized spacial score (nSPS) is 12.9. The lowest BCUT2D eigenvalue weighted by molar-refractivity contribution is -0.117. The molecule has 3 aromatic rings. The molecule has 1 aliphatic heterocycles. The Hall–Kier alpha value is -3.54. The maximum absolute atomic E-state index is 12.7. The zero-order valence-electron chi connectivity index (χ0n) is 17.3. The molecule has 30 heavy (non-hydrogen) atoms. The van der Waals surface area contributed by atoms with Crippen molar-refractivity contribution in [1.82, 2.24) is 9.97 Å². The molecule has 0 fully saturated rings. The van der Waals surface area contributed by atoms with E-state index >= 15 is 0 Å². The molecule has 1 N–H and O–H groups in total. The number of nitrogens with one attached hydrogen (secondary N) is 1. The van der Waals surface area contributed by atoms with Crippen LogP contribution in [-0.2, 0) is 22.6 Å². The van der Waals surface area contributed by atoms with Gasteiger partial charge in [-0.25, -0.2) is 9.97 Å². The highest BCUT2D eigenvalue weighted by atomic mass is 16.2. The Labute approximate surface area is 176 Å². The van der Waals surface area contributed by atoms with E-state index in [0.717, 1.165) is 22.4 Å². The van der Waals surface area contributed by atoms with Crippen LogP contribution in [-0.4, -0.2) is 21.8 Å². The molecule has 2 amide bonds. The number of amides is 2. The van der Waals surface area contributed by atoms with E-state index in [2.05, 4.69) is 30.2 Å². The molecule has 6 heteroatoms. The van der Waals surface area contributed by atoms with Crippen molar-refractivity contribution in [2.24, 2.45) is 0 Å². The summed E-state index contributed by atoms with van der Waals surface area (Å²) < 4.78 is 0. The standard InChI is InChI=1S/C24H24N4O2/c1-15(2)20-6-4-5-7-21(20)23-25-13-18-12-22(30)28(24(18)27-23)14-17-8-10-19(11-9-17)26-16(3)29/h4-11,13,15H,12,14H2,1-3H3,(H,26,29). The van der Waals surface area contributed by atoms with E-state index in [1.807, 2.05) is 42.5 Å². The summed E-state index contributed by atoms with van der Waals surface area (Å²) in [6.07, 6.45) is 2.08. The Bertz CT molecular complexity index is 1110. The zero-order valence-corrected chi connectivity index (χ0v) is 17.3. The Morgan fingerprint density at radius 3 is 2.57 bits per heavy atom. The Kier molecular flexibility index (Phi) is 5.31. The monoisotopic (exact) mass is 400 g/mol. The summed E-state index contributed by atoms with van der Waals surface area (Å²) in [5.41, 5.74) is 4.72. The molecule has 0 saturated carbocycles. The fourth-order valence-corrected chi connectivity index (χ4v) is 3.71. The van der Waals surface area contributed by atoms with Crippen LogP contribution in [0.3, 0.4) is 0 Å². The van der Waals surface area contributed by atoms with Gasteiger partial charge in [-0.2, -0.15) is 0 Å². The molecule has 0 bridgehead atoms. The third-order valence-corrected chi connectivity index (χ3v) is 5.18. The lowest BCUT2D eigenvalue weighted by Crippen LogP contribution is -2.26. The van der Waals surface area contributed by atoms with E-state index in [1.165, 1.54) is 12.5 Å². The van der Waals surface area contributed by atoms with Crippen LogP contribution in [0.25, 0.3) is 11.4 Å². The van der Waals surface area contributed by atoms with Crippen molar-refractivity contribution in [3.63, 3.8) is 0 Å². The van der Waals surface area contributed by atoms with Crippen molar-refractivity contribution in [2.45, 2.75) is 39.7 Å². The molecule has 1 aromatic heterocycles. The average Bonchev–Trinajstić information content (AvgIpc) is 3.03. The summed E-state index contributed by atoms with van der Waals surface area (Å²) in [4.78, 5) is 34.9. The van der Waals surface area contributed by atoms with E-state index < -0.39 is 0 Å². The smallest absolute Gasteiger partial charge is 0.233 e. The van der Waals surface area contributed by atoms with E-state index in [1.54, 1.807) is 11.1 Å². The highest BCUT2D eigenvalue weighted by molar-refractivity contribution is 6.00. The number of hydrogen-bond donors (Lipinski definition) is 1. The van der Waals surface area contributed by atoms with Gasteiger partial charge in [-0.1, -0.05) is 50.2 Å². The molecular weight excluding hydrogens is 376 g/mol. The van der Waals surface area contributed by atoms with Crippen LogP contribution >= 0.6 is 0 Å². The van der Waals surface area contributed by atoms with Crippen LogP contribution in [0.1, 0.15) is 43.4 Å². The molecule has 0 aliphatic carbocycles. The predicted molar refractivity (Wildman–Crippen MR) is 117 cm³/mol. The number of hydrogen-bond acceptors (Lipinski definition) is 4. The van der Waals surface area contributed by atoms with Crippen molar-refractivity contribution in [2.75, 3.05) is 10.2 Å². The average molecular weight is 400 g/mol. The van der Waals surface area contributed by atoms with Gasteiger partial charge in [0.05, 0.1) is 13.0 Å². The maximum Gasteiger partial charge on any atom is 0.233 e. The first-order valence-electron chi connectivity index (χ1n) is 10.0. The highest BCUT2D eigenvalue weighted by Crippen LogP contribution is 2.32. The molecule has 0 atom stereocenters. The molecule has 6 nitrogen and oxygen atoms in total. The number of nitrogens with zero attached hydrogens (tertiary/aromatic N) is 3. The van der Waals surface area contributed by atoms with E-state index in [-0.39, 0.29) is 11.8 Å². The first-order valence-corrected chi connectivity index (χ1v) is 10.0. The van der Waals surface area contributed by atoms with Gasteiger partial charge in [0.2, 0.25) is 11.8 Å². The van der Waals surface area contributed by atoms with Gasteiger partial charge in [0, 0.05) is 29.9 Å². The van der Waals surface area contributed by atoms with Crippen LogP contribution in [0.2, 0.25) is 0 Å². The number of carbonyl (C=O) groups is 2. The number of aromatic nitrogens is 2. The topological polar surface area (TPSA) is 75.2 Å². The van der Waals surface area contributed by atoms with Crippen LogP contribution in [0.15, 0.2) is 54.7 Å². The molecule has 0 spiro atoms. The number of carbonyl (C=O) groups excluding carboxylic acids is 2. The van der Waals surface area contributed by atoms with Crippen LogP contribution < -0.4 is 10.2 Å². The predicted octanol–water partition coefficient (Wildman–Crippen LogP) is 4.31. The van der Waals surface area contributed by atoms with Crippen molar-refractivity contribution in [1.29, 1.82) is 0 Å². The second-order valence-corrected chi connectivity index (χ2v) is 7.82. The minimum Gasteiger partial charge on any atom is -0.326 e. The molecule has 0 radical (unpaired) electrons. The van der Waals surface area contributed by atoms with Crippen molar-refractivity contribution in [3.8, 4) is 11.4 Å². The van der Waals surface area contributed by atoms with E-state index in [4.69, 9.17) is 4.98 Å². The van der Waals surface area contributed by atoms with Crippen LogP contribution in [0, 0.1) is 0 Å². The SMILES string of the molecule is CC(=O)Nc1ccc(CN2C(=O)Cc3cnc(-c4ccccc4C(C)C)nc32)cc1. The molecule has 2 heterocycles. The Morgan fingerprint density at radius 2 is 1.87 bits per heavy atom. The van der Waals surface area contributed by atoms with Crippen molar-refractivity contribution < 1.29 is 9.59 Å². The molecule has 152 valence electrons. The Balaban J connectivity index is 1.64. The number of benzene rings is 2. The van der Waals surface area contributed by atoms with Crippen molar-refractivity contribution >= 4 is 23.3 Å². The molecule has 0 unspecified atom stereocenters. The first kappa shape index (κ1) is 19.8.